The van der Waals surface area contributed by atoms with Gasteiger partial charge in [-0.3, -0.25) is 14.5 Å². The Bertz CT molecular complexity index is 1220. The minimum absolute atomic E-state index is 0.0848. The van der Waals surface area contributed by atoms with Crippen LogP contribution in [0.2, 0.25) is 0 Å². The molecule has 5 rings (SSSR count). The third kappa shape index (κ3) is 4.33. The molecule has 180 valence electrons. The molecule has 2 aromatic heterocycles. The number of hydrogen-bond acceptors (Lipinski definition) is 4. The van der Waals surface area contributed by atoms with E-state index in [1.54, 1.807) is 28.0 Å². The minimum Gasteiger partial charge on any atom is -0.302 e. The summed E-state index contributed by atoms with van der Waals surface area (Å²) in [6, 6.07) is 7.70. The number of carbonyl (C=O) groups is 1. The van der Waals surface area contributed by atoms with Crippen molar-refractivity contribution in [1.29, 1.82) is 0 Å². The first-order chi connectivity index (χ1) is 16.1. The van der Waals surface area contributed by atoms with Crippen LogP contribution in [0.15, 0.2) is 42.9 Å². The Morgan fingerprint density at radius 2 is 1.76 bits per heavy atom. The highest BCUT2D eigenvalue weighted by molar-refractivity contribution is 5.91. The molecule has 0 atom stereocenters. The lowest BCUT2D eigenvalue weighted by Gasteiger charge is -2.37. The molecule has 0 unspecified atom stereocenters. The highest BCUT2D eigenvalue weighted by atomic mass is 19.4. The molecular weight excluding hydrogens is 448 g/mol. The molecule has 0 N–H and O–H groups in total. The molecule has 2 aliphatic rings. The Labute approximate surface area is 194 Å². The number of nitrogens with zero attached hydrogens (tertiary/aromatic N) is 4. The van der Waals surface area contributed by atoms with Crippen LogP contribution in [-0.4, -0.2) is 56.9 Å². The van der Waals surface area contributed by atoms with Crippen molar-refractivity contribution in [3.63, 3.8) is 0 Å². The van der Waals surface area contributed by atoms with Crippen LogP contribution in [0.5, 0.6) is 0 Å². The number of ketones is 1. The zero-order valence-electron chi connectivity index (χ0n) is 18.9. The summed E-state index contributed by atoms with van der Waals surface area (Å²) < 4.78 is 56.9. The third-order valence-electron chi connectivity index (χ3n) is 7.29. The second-order valence-electron chi connectivity index (χ2n) is 9.76. The number of Topliss-reactive ketones (excluding diaryl/α,β-unsaturated/α-hetero) is 1. The molecule has 34 heavy (non-hydrogen) atoms. The van der Waals surface area contributed by atoms with Crippen molar-refractivity contribution in [3.05, 3.63) is 48.5 Å². The maximum atomic E-state index is 15.5. The average molecular weight is 475 g/mol. The summed E-state index contributed by atoms with van der Waals surface area (Å²) in [5.41, 5.74) is -1.25. The second-order valence-corrected chi connectivity index (χ2v) is 9.76. The Morgan fingerprint density at radius 3 is 2.38 bits per heavy atom. The molecule has 0 amide bonds. The number of rotatable bonds is 6. The number of benzene rings is 1. The molecule has 5 nitrogen and oxygen atoms in total. The average Bonchev–Trinajstić information content (AvgIpc) is 3.47. The normalized spacial score (nSPS) is 19.9. The van der Waals surface area contributed by atoms with Crippen molar-refractivity contribution < 1.29 is 22.4 Å². The maximum Gasteiger partial charge on any atom is 0.395 e. The third-order valence-corrected chi connectivity index (χ3v) is 7.29. The zero-order chi connectivity index (χ0) is 24.1. The van der Waals surface area contributed by atoms with E-state index in [1.165, 1.54) is 0 Å². The summed E-state index contributed by atoms with van der Waals surface area (Å²) in [5, 5.41) is 5.99. The van der Waals surface area contributed by atoms with Crippen molar-refractivity contribution >= 4 is 16.6 Å². The van der Waals surface area contributed by atoms with Gasteiger partial charge < -0.3 is 4.90 Å². The first-order valence-corrected chi connectivity index (χ1v) is 11.5. The number of fused-ring (bicyclic) bond motifs is 1. The van der Waals surface area contributed by atoms with Crippen LogP contribution in [0, 0.1) is 5.41 Å². The quantitative estimate of drug-likeness (QED) is 0.477. The van der Waals surface area contributed by atoms with Gasteiger partial charge >= 0.3 is 6.18 Å². The van der Waals surface area contributed by atoms with E-state index in [0.717, 1.165) is 21.9 Å². The van der Waals surface area contributed by atoms with Crippen LogP contribution in [0.3, 0.4) is 0 Å². The molecule has 1 saturated heterocycles. The first-order valence-electron chi connectivity index (χ1n) is 11.5. The van der Waals surface area contributed by atoms with Gasteiger partial charge in [0.2, 0.25) is 0 Å². The van der Waals surface area contributed by atoms with Crippen molar-refractivity contribution in [2.75, 3.05) is 19.6 Å². The zero-order valence-corrected chi connectivity index (χ0v) is 18.9. The van der Waals surface area contributed by atoms with E-state index in [4.69, 9.17) is 0 Å². The topological polar surface area (TPSA) is 51.0 Å². The van der Waals surface area contributed by atoms with E-state index in [-0.39, 0.29) is 51.7 Å². The van der Waals surface area contributed by atoms with E-state index in [9.17, 15) is 18.0 Å². The maximum absolute atomic E-state index is 15.5. The van der Waals surface area contributed by atoms with Gasteiger partial charge in [-0.2, -0.15) is 18.3 Å². The van der Waals surface area contributed by atoms with E-state index < -0.39 is 23.0 Å². The van der Waals surface area contributed by atoms with Crippen LogP contribution in [0.1, 0.15) is 31.4 Å². The molecule has 0 bridgehead atoms. The first kappa shape index (κ1) is 23.0. The van der Waals surface area contributed by atoms with Gasteiger partial charge in [-0.25, -0.2) is 4.39 Å². The fraction of sp³-hybridized carbons (Fsp3) is 0.480. The SMILES string of the molecule is Cn1cc(-c2ccc3cnc(CC(=O)C4(F)CCN(CC5(C(F)(F)F)CC5)CC4)cc3c2)cn1. The second kappa shape index (κ2) is 8.15. The molecule has 1 saturated carbocycles. The fourth-order valence-electron chi connectivity index (χ4n) is 4.81. The summed E-state index contributed by atoms with van der Waals surface area (Å²) in [5.74, 6) is -0.556. The number of piperidine rings is 1. The fourth-order valence-corrected chi connectivity index (χ4v) is 4.81. The molecule has 1 aliphatic carbocycles. The molecule has 9 heteroatoms. The Hall–Kier alpha value is -2.81. The predicted octanol–water partition coefficient (Wildman–Crippen LogP) is 4.89. The number of aromatic nitrogens is 3. The highest BCUT2D eigenvalue weighted by Gasteiger charge is 2.63. The van der Waals surface area contributed by atoms with Crippen molar-refractivity contribution in [1.82, 2.24) is 19.7 Å². The summed E-state index contributed by atoms with van der Waals surface area (Å²) in [7, 11) is 1.84. The van der Waals surface area contributed by atoms with Gasteiger partial charge in [-0.15, -0.1) is 0 Å². The molecule has 3 aromatic rings. The van der Waals surface area contributed by atoms with Crippen molar-refractivity contribution in [2.24, 2.45) is 12.5 Å². The number of aryl methyl sites for hydroxylation is 1. The van der Waals surface area contributed by atoms with Crippen molar-refractivity contribution in [3.8, 4) is 11.1 Å². The van der Waals surface area contributed by atoms with Crippen LogP contribution < -0.4 is 0 Å². The van der Waals surface area contributed by atoms with Crippen LogP contribution in [0.25, 0.3) is 21.9 Å². The number of likely N-dealkylation sites (tertiary alicyclic amines) is 1. The van der Waals surface area contributed by atoms with Gasteiger partial charge in [0.15, 0.2) is 11.5 Å². The molecule has 3 heterocycles. The van der Waals surface area contributed by atoms with Crippen LogP contribution in [-0.2, 0) is 18.3 Å². The lowest BCUT2D eigenvalue weighted by atomic mass is 9.86. The summed E-state index contributed by atoms with van der Waals surface area (Å²) >= 11 is 0. The molecule has 1 aromatic carbocycles. The van der Waals surface area contributed by atoms with Crippen LogP contribution >= 0.6 is 0 Å². The Kier molecular flexibility index (Phi) is 5.50. The number of hydrogen-bond donors (Lipinski definition) is 0. The van der Waals surface area contributed by atoms with E-state index in [2.05, 4.69) is 10.1 Å². The molecule has 0 spiro atoms. The largest absolute Gasteiger partial charge is 0.395 e. The Morgan fingerprint density at radius 1 is 1.03 bits per heavy atom. The van der Waals surface area contributed by atoms with Gasteiger partial charge in [0.1, 0.15) is 0 Å². The summed E-state index contributed by atoms with van der Waals surface area (Å²) in [6.45, 7) is 0.200. The number of halogens is 4. The van der Waals surface area contributed by atoms with Gasteiger partial charge in [-0.1, -0.05) is 12.1 Å². The van der Waals surface area contributed by atoms with Gasteiger partial charge in [-0.05, 0) is 35.9 Å². The smallest absolute Gasteiger partial charge is 0.302 e. The van der Waals surface area contributed by atoms with E-state index in [1.807, 2.05) is 31.4 Å². The number of carbonyl (C=O) groups excluding carboxylic acids is 1. The van der Waals surface area contributed by atoms with E-state index in [0.29, 0.717) is 5.69 Å². The number of alkyl halides is 4. The molecule has 1 aliphatic heterocycles. The molecule has 2 fully saturated rings. The summed E-state index contributed by atoms with van der Waals surface area (Å²) in [6.07, 6.45) is 1.06. The number of pyridine rings is 1. The van der Waals surface area contributed by atoms with Gasteiger partial charge in [0.25, 0.3) is 0 Å². The minimum atomic E-state index is -4.23. The van der Waals surface area contributed by atoms with Gasteiger partial charge in [0.05, 0.1) is 18.0 Å². The molecular formula is C25H26F4N4O. The highest BCUT2D eigenvalue weighted by Crippen LogP contribution is 2.58. The molecule has 0 radical (unpaired) electrons. The lowest BCUT2D eigenvalue weighted by Crippen LogP contribution is -2.49. The van der Waals surface area contributed by atoms with Crippen LogP contribution in [0.4, 0.5) is 17.6 Å². The van der Waals surface area contributed by atoms with E-state index >= 15 is 4.39 Å². The van der Waals surface area contributed by atoms with Crippen molar-refractivity contribution in [2.45, 2.75) is 43.9 Å². The summed E-state index contributed by atoms with van der Waals surface area (Å²) in [4.78, 5) is 18.8. The lowest BCUT2D eigenvalue weighted by molar-refractivity contribution is -0.193. The predicted molar refractivity (Wildman–Crippen MR) is 120 cm³/mol. The monoisotopic (exact) mass is 474 g/mol. The standard InChI is InChI=1S/C25H26F4N4O/c1-32-15-20(14-31-32)17-2-3-18-13-30-21(11-19(18)10-17)12-22(34)24(26)6-8-33(9-7-24)16-23(4-5-23)25(27,28)29/h2-3,10-11,13-15H,4-9,12,16H2,1H3. The van der Waals surface area contributed by atoms with Gasteiger partial charge in [0, 0.05) is 68.6 Å². The Balaban J connectivity index is 1.25.